The fourth-order valence-corrected chi connectivity index (χ4v) is 1.58. The van der Waals surface area contributed by atoms with Gasteiger partial charge < -0.3 is 0 Å². The number of rotatable bonds is 0. The third-order valence-electron chi connectivity index (χ3n) is 2.32. The lowest BCUT2D eigenvalue weighted by molar-refractivity contribution is 0.615. The molecule has 2 unspecified atom stereocenters. The summed E-state index contributed by atoms with van der Waals surface area (Å²) >= 11 is 0. The second-order valence-electron chi connectivity index (χ2n) is 2.90. The first-order chi connectivity index (χ1) is 5.86. The Morgan fingerprint density at radius 3 is 2.33 bits per heavy atom. The highest BCUT2D eigenvalue weighted by Crippen LogP contribution is 2.40. The molecule has 2 heteroatoms. The zero-order valence-corrected chi connectivity index (χ0v) is 6.36. The van der Waals surface area contributed by atoms with Gasteiger partial charge in [0.2, 0.25) is 0 Å². The van der Waals surface area contributed by atoms with Gasteiger partial charge in [-0.1, -0.05) is 24.3 Å². The molecule has 0 heterocycles. The van der Waals surface area contributed by atoms with Gasteiger partial charge in [0, 0.05) is 11.8 Å². The molecule has 0 aromatic carbocycles. The summed E-state index contributed by atoms with van der Waals surface area (Å²) in [6.07, 6.45) is 8.04. The van der Waals surface area contributed by atoms with E-state index in [-0.39, 0.29) is 5.57 Å². The van der Waals surface area contributed by atoms with E-state index in [1.165, 1.54) is 0 Å². The maximum atomic E-state index is 8.63. The molecule has 0 radical (unpaired) electrons. The fraction of sp³-hybridized carbons (Fsp3) is 0.200. The van der Waals surface area contributed by atoms with Crippen LogP contribution in [0.3, 0.4) is 0 Å². The third kappa shape index (κ3) is 0.726. The van der Waals surface area contributed by atoms with Crippen molar-refractivity contribution < 1.29 is 0 Å². The SMILES string of the molecule is N#CC(C#N)=C1C=CC2C=CC12. The topological polar surface area (TPSA) is 47.6 Å². The Bertz CT molecular complexity index is 369. The van der Waals surface area contributed by atoms with Crippen LogP contribution in [0.15, 0.2) is 35.5 Å². The van der Waals surface area contributed by atoms with Gasteiger partial charge in [0.25, 0.3) is 0 Å². The fourth-order valence-electron chi connectivity index (χ4n) is 1.58. The van der Waals surface area contributed by atoms with Crippen LogP contribution in [-0.2, 0) is 0 Å². The molecule has 2 aliphatic rings. The molecule has 0 amide bonds. The number of hydrogen-bond donors (Lipinski definition) is 0. The van der Waals surface area contributed by atoms with E-state index in [0.29, 0.717) is 11.8 Å². The summed E-state index contributed by atoms with van der Waals surface area (Å²) in [5, 5.41) is 17.3. The molecule has 0 bridgehead atoms. The van der Waals surface area contributed by atoms with Crippen molar-refractivity contribution in [1.29, 1.82) is 10.5 Å². The Hall–Kier alpha value is -1.80. The van der Waals surface area contributed by atoms with E-state index in [2.05, 4.69) is 6.08 Å². The van der Waals surface area contributed by atoms with Gasteiger partial charge in [-0.05, 0) is 5.57 Å². The van der Waals surface area contributed by atoms with E-state index in [0.717, 1.165) is 5.57 Å². The maximum Gasteiger partial charge on any atom is 0.133 e. The first-order valence-corrected chi connectivity index (χ1v) is 3.77. The van der Waals surface area contributed by atoms with Crippen molar-refractivity contribution in [3.8, 4) is 12.1 Å². The molecule has 0 saturated heterocycles. The highest BCUT2D eigenvalue weighted by atomic mass is 14.4. The van der Waals surface area contributed by atoms with Gasteiger partial charge in [-0.2, -0.15) is 10.5 Å². The van der Waals surface area contributed by atoms with Gasteiger partial charge >= 0.3 is 0 Å². The summed E-state index contributed by atoms with van der Waals surface area (Å²) in [6, 6.07) is 3.82. The summed E-state index contributed by atoms with van der Waals surface area (Å²) in [4.78, 5) is 0. The Kier molecular flexibility index (Phi) is 1.35. The van der Waals surface area contributed by atoms with E-state index in [1.807, 2.05) is 30.4 Å². The highest BCUT2D eigenvalue weighted by Gasteiger charge is 2.30. The van der Waals surface area contributed by atoms with E-state index in [1.54, 1.807) is 0 Å². The third-order valence-corrected chi connectivity index (χ3v) is 2.32. The van der Waals surface area contributed by atoms with Gasteiger partial charge in [0.15, 0.2) is 0 Å². The van der Waals surface area contributed by atoms with E-state index < -0.39 is 0 Å². The summed E-state index contributed by atoms with van der Waals surface area (Å²) in [5.41, 5.74) is 1.13. The molecule has 0 aromatic rings. The summed E-state index contributed by atoms with van der Waals surface area (Å²) in [5.74, 6) is 0.746. The Balaban J connectivity index is 2.45. The summed E-state index contributed by atoms with van der Waals surface area (Å²) in [7, 11) is 0. The van der Waals surface area contributed by atoms with E-state index in [9.17, 15) is 0 Å². The van der Waals surface area contributed by atoms with Crippen LogP contribution < -0.4 is 0 Å². The second kappa shape index (κ2) is 2.36. The first kappa shape index (κ1) is 6.88. The van der Waals surface area contributed by atoms with Crippen LogP contribution in [0, 0.1) is 34.5 Å². The average Bonchev–Trinajstić information content (AvgIpc) is 2.29. The molecule has 0 N–H and O–H groups in total. The van der Waals surface area contributed by atoms with Crippen LogP contribution in [0.1, 0.15) is 0 Å². The van der Waals surface area contributed by atoms with Crippen molar-refractivity contribution in [2.75, 3.05) is 0 Å². The van der Waals surface area contributed by atoms with Crippen molar-refractivity contribution in [2.24, 2.45) is 11.8 Å². The summed E-state index contributed by atoms with van der Waals surface area (Å²) in [6.45, 7) is 0. The lowest BCUT2D eigenvalue weighted by Crippen LogP contribution is -2.13. The minimum atomic E-state index is 0.253. The zero-order valence-electron chi connectivity index (χ0n) is 6.36. The highest BCUT2D eigenvalue weighted by molar-refractivity contribution is 5.53. The van der Waals surface area contributed by atoms with Gasteiger partial charge in [0.1, 0.15) is 17.7 Å². The zero-order chi connectivity index (χ0) is 8.55. The van der Waals surface area contributed by atoms with Gasteiger partial charge in [0.05, 0.1) is 0 Å². The van der Waals surface area contributed by atoms with Crippen LogP contribution in [-0.4, -0.2) is 0 Å². The van der Waals surface area contributed by atoms with Crippen LogP contribution >= 0.6 is 0 Å². The molecule has 2 nitrogen and oxygen atoms in total. The number of allylic oxidation sites excluding steroid dienone is 6. The molecular formula is C10H6N2. The number of nitriles is 2. The molecule has 2 rings (SSSR count). The van der Waals surface area contributed by atoms with Crippen molar-refractivity contribution in [3.05, 3.63) is 35.5 Å². The van der Waals surface area contributed by atoms with E-state index in [4.69, 9.17) is 10.5 Å². The number of fused-ring (bicyclic) bond motifs is 1. The molecular weight excluding hydrogens is 148 g/mol. The lowest BCUT2D eigenvalue weighted by Gasteiger charge is -2.21. The standard InChI is InChI=1S/C10H6N2/c11-5-8(6-12)10-4-2-7-1-3-9(7)10/h1-4,7,9H. The largest absolute Gasteiger partial charge is 0.192 e. The smallest absolute Gasteiger partial charge is 0.133 e. The average molecular weight is 154 g/mol. The quantitative estimate of drug-likeness (QED) is 0.394. The molecule has 0 saturated carbocycles. The number of nitrogens with zero attached hydrogens (tertiary/aromatic N) is 2. The first-order valence-electron chi connectivity index (χ1n) is 3.77. The van der Waals surface area contributed by atoms with Crippen molar-refractivity contribution >= 4 is 0 Å². The molecule has 0 aromatic heterocycles. The van der Waals surface area contributed by atoms with Gasteiger partial charge in [-0.15, -0.1) is 0 Å². The second-order valence-corrected chi connectivity index (χ2v) is 2.90. The van der Waals surface area contributed by atoms with E-state index >= 15 is 0 Å². The Morgan fingerprint density at radius 1 is 1.17 bits per heavy atom. The van der Waals surface area contributed by atoms with Crippen molar-refractivity contribution in [3.63, 3.8) is 0 Å². The van der Waals surface area contributed by atoms with Gasteiger partial charge in [-0.25, -0.2) is 0 Å². The normalized spacial score (nSPS) is 28.7. The minimum absolute atomic E-state index is 0.253. The van der Waals surface area contributed by atoms with Crippen LogP contribution in [0.25, 0.3) is 0 Å². The van der Waals surface area contributed by atoms with Crippen LogP contribution in [0.2, 0.25) is 0 Å². The summed E-state index contributed by atoms with van der Waals surface area (Å²) < 4.78 is 0. The molecule has 2 aliphatic carbocycles. The molecule has 2 atom stereocenters. The minimum Gasteiger partial charge on any atom is -0.192 e. The van der Waals surface area contributed by atoms with Crippen LogP contribution in [0.5, 0.6) is 0 Å². The van der Waals surface area contributed by atoms with Crippen molar-refractivity contribution in [1.82, 2.24) is 0 Å². The molecule has 12 heavy (non-hydrogen) atoms. The molecule has 0 aliphatic heterocycles. The molecule has 0 fully saturated rings. The van der Waals surface area contributed by atoms with Crippen LogP contribution in [0.4, 0.5) is 0 Å². The van der Waals surface area contributed by atoms with Crippen molar-refractivity contribution in [2.45, 2.75) is 0 Å². The molecule has 0 spiro atoms. The Labute approximate surface area is 70.7 Å². The molecule has 56 valence electrons. The monoisotopic (exact) mass is 154 g/mol. The Morgan fingerprint density at radius 2 is 1.92 bits per heavy atom. The lowest BCUT2D eigenvalue weighted by atomic mass is 9.81. The predicted molar refractivity (Wildman–Crippen MR) is 43.5 cm³/mol. The van der Waals surface area contributed by atoms with Gasteiger partial charge in [-0.3, -0.25) is 0 Å². The maximum absolute atomic E-state index is 8.63. The predicted octanol–water partition coefficient (Wildman–Crippen LogP) is 1.70. The number of hydrogen-bond acceptors (Lipinski definition) is 2.